The summed E-state index contributed by atoms with van der Waals surface area (Å²) in [6.07, 6.45) is 2.41. The number of aliphatic hydroxyl groups is 1. The van der Waals surface area contributed by atoms with Crippen LogP contribution in [-0.4, -0.2) is 24.4 Å². The molecule has 0 aromatic rings. The third kappa shape index (κ3) is 1.95. The van der Waals surface area contributed by atoms with Gasteiger partial charge in [-0.05, 0) is 25.7 Å². The molecular weight excluding hydrogens is 116 g/mol. The van der Waals surface area contributed by atoms with Crippen LogP contribution in [0.15, 0.2) is 0 Å². The van der Waals surface area contributed by atoms with E-state index < -0.39 is 0 Å². The first-order valence-corrected chi connectivity index (χ1v) is 3.55. The van der Waals surface area contributed by atoms with E-state index >= 15 is 0 Å². The molecule has 1 N–H and O–H groups in total. The first kappa shape index (κ1) is 7.03. The highest BCUT2D eigenvalue weighted by molar-refractivity contribution is 4.66. The number of rotatable bonds is 1. The van der Waals surface area contributed by atoms with Gasteiger partial charge in [-0.3, -0.25) is 0 Å². The Hall–Kier alpha value is -0.0800. The summed E-state index contributed by atoms with van der Waals surface area (Å²) in [5.74, 6) is 0.494. The summed E-state index contributed by atoms with van der Waals surface area (Å²) in [4.78, 5) is 0. The molecule has 0 amide bonds. The molecule has 0 radical (unpaired) electrons. The Morgan fingerprint density at radius 2 is 2.44 bits per heavy atom. The van der Waals surface area contributed by atoms with Crippen LogP contribution < -0.4 is 0 Å². The summed E-state index contributed by atoms with van der Waals surface area (Å²) in [5.41, 5.74) is 0. The number of hydrogen-bond acceptors (Lipinski definition) is 2. The maximum Gasteiger partial charge on any atom is 0.0550 e. The maximum absolute atomic E-state index is 8.75. The summed E-state index contributed by atoms with van der Waals surface area (Å²) in [6.45, 7) is 3.21. The molecule has 2 heteroatoms. The van der Waals surface area contributed by atoms with Gasteiger partial charge in [-0.2, -0.15) is 0 Å². The molecule has 1 aliphatic rings. The second kappa shape index (κ2) is 3.18. The minimum Gasteiger partial charge on any atom is -0.396 e. The second-order valence-corrected chi connectivity index (χ2v) is 2.75. The van der Waals surface area contributed by atoms with Crippen molar-refractivity contribution in [2.24, 2.45) is 5.92 Å². The van der Waals surface area contributed by atoms with Gasteiger partial charge in [-0.15, -0.1) is 0 Å². The van der Waals surface area contributed by atoms with Gasteiger partial charge >= 0.3 is 0 Å². The molecule has 1 saturated heterocycles. The third-order valence-corrected chi connectivity index (χ3v) is 1.85. The van der Waals surface area contributed by atoms with Gasteiger partial charge in [0.15, 0.2) is 0 Å². The van der Waals surface area contributed by atoms with Gasteiger partial charge in [0.1, 0.15) is 0 Å². The third-order valence-electron chi connectivity index (χ3n) is 1.85. The molecule has 1 aliphatic heterocycles. The van der Waals surface area contributed by atoms with Gasteiger partial charge in [0, 0.05) is 13.2 Å². The predicted molar refractivity (Wildman–Crippen MR) is 35.2 cm³/mol. The molecule has 2 nitrogen and oxygen atoms in total. The lowest BCUT2D eigenvalue weighted by Gasteiger charge is -2.25. The van der Waals surface area contributed by atoms with Crippen molar-refractivity contribution >= 4 is 0 Å². The van der Waals surface area contributed by atoms with Crippen LogP contribution in [-0.2, 0) is 4.74 Å². The van der Waals surface area contributed by atoms with Crippen LogP contribution in [0.25, 0.3) is 0 Å². The van der Waals surface area contributed by atoms with Crippen molar-refractivity contribution in [1.29, 1.82) is 0 Å². The second-order valence-electron chi connectivity index (χ2n) is 2.75. The van der Waals surface area contributed by atoms with Gasteiger partial charge < -0.3 is 9.84 Å². The molecule has 1 heterocycles. The van der Waals surface area contributed by atoms with E-state index in [2.05, 4.69) is 6.92 Å². The van der Waals surface area contributed by atoms with Crippen molar-refractivity contribution in [3.8, 4) is 0 Å². The van der Waals surface area contributed by atoms with E-state index in [9.17, 15) is 0 Å². The Labute approximate surface area is 55.8 Å². The number of hydrogen-bond donors (Lipinski definition) is 1. The minimum absolute atomic E-state index is 0.327. The molecule has 0 aromatic carbocycles. The molecule has 1 fully saturated rings. The summed E-state index contributed by atoms with van der Waals surface area (Å²) < 4.78 is 5.30. The quantitative estimate of drug-likeness (QED) is 0.568. The normalized spacial score (nSPS) is 36.7. The van der Waals surface area contributed by atoms with Gasteiger partial charge in [-0.25, -0.2) is 0 Å². The molecule has 0 saturated carbocycles. The minimum atomic E-state index is 0.327. The lowest BCUT2D eigenvalue weighted by molar-refractivity contribution is -0.0106. The molecule has 9 heavy (non-hydrogen) atoms. The first-order valence-electron chi connectivity index (χ1n) is 3.55. The Morgan fingerprint density at radius 3 is 2.89 bits per heavy atom. The van der Waals surface area contributed by atoms with E-state index in [4.69, 9.17) is 9.84 Å². The molecular formula is C7H14O2. The van der Waals surface area contributed by atoms with Crippen LogP contribution >= 0.6 is 0 Å². The molecule has 0 aliphatic carbocycles. The molecule has 1 rings (SSSR count). The maximum atomic E-state index is 8.75. The van der Waals surface area contributed by atoms with Crippen LogP contribution in [0.4, 0.5) is 0 Å². The van der Waals surface area contributed by atoms with E-state index in [1.165, 1.54) is 0 Å². The van der Waals surface area contributed by atoms with Crippen molar-refractivity contribution in [2.45, 2.75) is 25.9 Å². The smallest absolute Gasteiger partial charge is 0.0550 e. The summed E-state index contributed by atoms with van der Waals surface area (Å²) in [6, 6.07) is 0. The zero-order chi connectivity index (χ0) is 6.69. The summed E-state index contributed by atoms with van der Waals surface area (Å²) in [7, 11) is 0. The fourth-order valence-electron chi connectivity index (χ4n) is 1.26. The van der Waals surface area contributed by atoms with Crippen LogP contribution in [0, 0.1) is 5.92 Å². The SMILES string of the molecule is CC1CC(CO)CCO1. The molecule has 54 valence electrons. The van der Waals surface area contributed by atoms with Crippen LogP contribution in [0.1, 0.15) is 19.8 Å². The zero-order valence-corrected chi connectivity index (χ0v) is 5.84. The predicted octanol–water partition coefficient (Wildman–Crippen LogP) is 0.794. The highest BCUT2D eigenvalue weighted by Gasteiger charge is 2.17. The van der Waals surface area contributed by atoms with Crippen molar-refractivity contribution in [3.05, 3.63) is 0 Å². The first-order chi connectivity index (χ1) is 4.33. The highest BCUT2D eigenvalue weighted by atomic mass is 16.5. The lowest BCUT2D eigenvalue weighted by atomic mass is 9.97. The Morgan fingerprint density at radius 1 is 1.67 bits per heavy atom. The molecule has 2 atom stereocenters. The topological polar surface area (TPSA) is 29.5 Å². The summed E-state index contributed by atoms with van der Waals surface area (Å²) >= 11 is 0. The number of aliphatic hydroxyl groups excluding tert-OH is 1. The highest BCUT2D eigenvalue weighted by Crippen LogP contribution is 2.18. The molecule has 0 spiro atoms. The van der Waals surface area contributed by atoms with Crippen LogP contribution in [0.2, 0.25) is 0 Å². The van der Waals surface area contributed by atoms with Crippen molar-refractivity contribution in [2.75, 3.05) is 13.2 Å². The van der Waals surface area contributed by atoms with E-state index in [0.29, 0.717) is 18.6 Å². The Kier molecular flexibility index (Phi) is 2.49. The average molecular weight is 130 g/mol. The molecule has 0 aromatic heterocycles. The fraction of sp³-hybridized carbons (Fsp3) is 1.00. The Balaban J connectivity index is 2.23. The summed E-state index contributed by atoms with van der Waals surface area (Å²) in [5, 5.41) is 8.75. The zero-order valence-electron chi connectivity index (χ0n) is 5.84. The van der Waals surface area contributed by atoms with E-state index in [1.807, 2.05) is 0 Å². The van der Waals surface area contributed by atoms with Crippen LogP contribution in [0.5, 0.6) is 0 Å². The fourth-order valence-corrected chi connectivity index (χ4v) is 1.26. The standard InChI is InChI=1S/C7H14O2/c1-6-4-7(5-8)2-3-9-6/h6-8H,2-5H2,1H3. The van der Waals surface area contributed by atoms with Crippen LogP contribution in [0.3, 0.4) is 0 Å². The number of ether oxygens (including phenoxy) is 1. The molecule has 0 bridgehead atoms. The monoisotopic (exact) mass is 130 g/mol. The van der Waals surface area contributed by atoms with Gasteiger partial charge in [0.05, 0.1) is 6.10 Å². The lowest BCUT2D eigenvalue weighted by Crippen LogP contribution is -2.24. The van der Waals surface area contributed by atoms with Crippen molar-refractivity contribution in [1.82, 2.24) is 0 Å². The van der Waals surface area contributed by atoms with Gasteiger partial charge in [-0.1, -0.05) is 0 Å². The largest absolute Gasteiger partial charge is 0.396 e. The van der Waals surface area contributed by atoms with E-state index in [1.54, 1.807) is 0 Å². The van der Waals surface area contributed by atoms with Gasteiger partial charge in [0.2, 0.25) is 0 Å². The van der Waals surface area contributed by atoms with Crippen molar-refractivity contribution in [3.63, 3.8) is 0 Å². The molecule has 2 unspecified atom stereocenters. The van der Waals surface area contributed by atoms with E-state index in [-0.39, 0.29) is 0 Å². The van der Waals surface area contributed by atoms with E-state index in [0.717, 1.165) is 19.4 Å². The Bertz CT molecular complexity index is 83.0. The van der Waals surface area contributed by atoms with Gasteiger partial charge in [0.25, 0.3) is 0 Å². The average Bonchev–Trinajstić information content (AvgIpc) is 1.88. The van der Waals surface area contributed by atoms with Crippen molar-refractivity contribution < 1.29 is 9.84 Å².